The fourth-order valence-corrected chi connectivity index (χ4v) is 3.87. The van der Waals surface area contributed by atoms with Crippen molar-refractivity contribution >= 4 is 0 Å². The molecule has 0 atom stereocenters. The molecule has 3 aromatic carbocycles. The maximum atomic E-state index is 9.45. The lowest BCUT2D eigenvalue weighted by Gasteiger charge is -2.15. The zero-order valence-electron chi connectivity index (χ0n) is 18.6. The van der Waals surface area contributed by atoms with Crippen molar-refractivity contribution in [2.75, 3.05) is 0 Å². The van der Waals surface area contributed by atoms with Gasteiger partial charge in [0.05, 0.1) is 6.61 Å². The predicted octanol–water partition coefficient (Wildman–Crippen LogP) is 6.89. The summed E-state index contributed by atoms with van der Waals surface area (Å²) in [6, 6.07) is 21.5. The van der Waals surface area contributed by atoms with Gasteiger partial charge < -0.3 is 9.84 Å². The Kier molecular flexibility index (Phi) is 8.10. The fourth-order valence-electron chi connectivity index (χ4n) is 3.87. The topological polar surface area (TPSA) is 29.5 Å². The molecule has 0 aromatic heterocycles. The fraction of sp³-hybridized carbons (Fsp3) is 0.357. The molecule has 0 bridgehead atoms. The van der Waals surface area contributed by atoms with Crippen molar-refractivity contribution < 1.29 is 9.84 Å². The summed E-state index contributed by atoms with van der Waals surface area (Å²) in [5.41, 5.74) is 8.63. The largest absolute Gasteiger partial charge is 0.489 e. The molecule has 0 radical (unpaired) electrons. The first kappa shape index (κ1) is 22.1. The highest BCUT2D eigenvalue weighted by molar-refractivity contribution is 5.72. The van der Waals surface area contributed by atoms with E-state index in [1.807, 2.05) is 6.07 Å². The maximum absolute atomic E-state index is 9.45. The van der Waals surface area contributed by atoms with E-state index in [0.29, 0.717) is 6.61 Å². The van der Waals surface area contributed by atoms with Gasteiger partial charge in [-0.2, -0.15) is 0 Å². The molecule has 3 rings (SSSR count). The summed E-state index contributed by atoms with van der Waals surface area (Å²) in [6.07, 6.45) is 5.51. The molecule has 0 aliphatic rings. The van der Waals surface area contributed by atoms with Gasteiger partial charge in [-0.3, -0.25) is 0 Å². The minimum atomic E-state index is 0.0836. The number of aliphatic hydroxyl groups is 1. The van der Waals surface area contributed by atoms with Crippen molar-refractivity contribution in [3.05, 3.63) is 88.5 Å². The van der Waals surface area contributed by atoms with E-state index in [-0.39, 0.29) is 6.61 Å². The SMILES string of the molecule is CCCCc1ccc(COc2ccc(-c3ccc(CO)cc3CC)c(CC)c2)cc1. The highest BCUT2D eigenvalue weighted by Gasteiger charge is 2.10. The lowest BCUT2D eigenvalue weighted by atomic mass is 9.92. The Morgan fingerprint density at radius 2 is 1.30 bits per heavy atom. The van der Waals surface area contributed by atoms with Gasteiger partial charge in [-0.05, 0) is 76.8 Å². The third-order valence-electron chi connectivity index (χ3n) is 5.73. The molecule has 0 aliphatic carbocycles. The Labute approximate surface area is 181 Å². The molecule has 0 spiro atoms. The minimum Gasteiger partial charge on any atom is -0.489 e. The maximum Gasteiger partial charge on any atom is 0.120 e. The number of aliphatic hydroxyl groups excluding tert-OH is 1. The van der Waals surface area contributed by atoms with Gasteiger partial charge in [0.25, 0.3) is 0 Å². The van der Waals surface area contributed by atoms with E-state index in [1.165, 1.54) is 46.2 Å². The van der Waals surface area contributed by atoms with Crippen LogP contribution in [0.5, 0.6) is 5.75 Å². The molecule has 2 heteroatoms. The number of aryl methyl sites for hydroxylation is 3. The van der Waals surface area contributed by atoms with Gasteiger partial charge >= 0.3 is 0 Å². The number of unbranched alkanes of at least 4 members (excludes halogenated alkanes) is 1. The van der Waals surface area contributed by atoms with Crippen LogP contribution in [0.4, 0.5) is 0 Å². The van der Waals surface area contributed by atoms with E-state index in [0.717, 1.165) is 30.6 Å². The molecule has 0 saturated heterocycles. The van der Waals surface area contributed by atoms with Crippen LogP contribution < -0.4 is 4.74 Å². The third kappa shape index (κ3) is 5.52. The Morgan fingerprint density at radius 3 is 1.93 bits per heavy atom. The molecule has 0 heterocycles. The van der Waals surface area contributed by atoms with Crippen LogP contribution >= 0.6 is 0 Å². The Morgan fingerprint density at radius 1 is 0.700 bits per heavy atom. The van der Waals surface area contributed by atoms with Crippen LogP contribution in [-0.4, -0.2) is 5.11 Å². The average Bonchev–Trinajstić information content (AvgIpc) is 2.81. The first-order valence-corrected chi connectivity index (χ1v) is 11.2. The first-order chi connectivity index (χ1) is 14.7. The second kappa shape index (κ2) is 11.0. The molecule has 0 unspecified atom stereocenters. The van der Waals surface area contributed by atoms with E-state index in [9.17, 15) is 5.11 Å². The molecule has 0 amide bonds. The molecule has 1 N–H and O–H groups in total. The molecule has 2 nitrogen and oxygen atoms in total. The lowest BCUT2D eigenvalue weighted by molar-refractivity contribution is 0.282. The Bertz CT molecular complexity index is 941. The van der Waals surface area contributed by atoms with Gasteiger partial charge in [0, 0.05) is 0 Å². The standard InChI is InChI=1S/C28H34O2/c1-4-7-8-21-9-11-22(12-10-21)20-30-26-14-16-28(25(6-3)18-26)27-15-13-23(19-29)17-24(27)5-2/h9-18,29H,4-8,19-20H2,1-3H3. The number of rotatable bonds is 10. The summed E-state index contributed by atoms with van der Waals surface area (Å²) in [4.78, 5) is 0. The summed E-state index contributed by atoms with van der Waals surface area (Å²) in [6.45, 7) is 7.25. The second-order valence-electron chi connectivity index (χ2n) is 7.88. The van der Waals surface area contributed by atoms with Gasteiger partial charge in [-0.25, -0.2) is 0 Å². The van der Waals surface area contributed by atoms with Gasteiger partial charge in [0.2, 0.25) is 0 Å². The van der Waals surface area contributed by atoms with E-state index >= 15 is 0 Å². The van der Waals surface area contributed by atoms with Crippen molar-refractivity contribution in [1.82, 2.24) is 0 Å². The van der Waals surface area contributed by atoms with Crippen LogP contribution in [0, 0.1) is 0 Å². The zero-order chi connectivity index (χ0) is 21.3. The average molecular weight is 403 g/mol. The number of ether oxygens (including phenoxy) is 1. The highest BCUT2D eigenvalue weighted by Crippen LogP contribution is 2.32. The van der Waals surface area contributed by atoms with E-state index < -0.39 is 0 Å². The summed E-state index contributed by atoms with van der Waals surface area (Å²) in [7, 11) is 0. The molecule has 158 valence electrons. The summed E-state index contributed by atoms with van der Waals surface area (Å²) >= 11 is 0. The van der Waals surface area contributed by atoms with Gasteiger partial charge in [0.1, 0.15) is 12.4 Å². The molecule has 0 aliphatic heterocycles. The molecular weight excluding hydrogens is 368 g/mol. The lowest BCUT2D eigenvalue weighted by Crippen LogP contribution is -1.99. The van der Waals surface area contributed by atoms with E-state index in [2.05, 4.69) is 75.4 Å². The molecular formula is C28H34O2. The van der Waals surface area contributed by atoms with Crippen molar-refractivity contribution in [3.8, 4) is 16.9 Å². The highest BCUT2D eigenvalue weighted by atomic mass is 16.5. The van der Waals surface area contributed by atoms with Crippen LogP contribution in [0.2, 0.25) is 0 Å². The Balaban J connectivity index is 1.74. The molecule has 3 aromatic rings. The number of hydrogen-bond acceptors (Lipinski definition) is 2. The summed E-state index contributed by atoms with van der Waals surface area (Å²) < 4.78 is 6.11. The van der Waals surface area contributed by atoms with E-state index in [1.54, 1.807) is 0 Å². The van der Waals surface area contributed by atoms with Crippen molar-refractivity contribution in [2.45, 2.75) is 66.1 Å². The third-order valence-corrected chi connectivity index (χ3v) is 5.73. The smallest absolute Gasteiger partial charge is 0.120 e. The molecule has 0 fully saturated rings. The quantitative estimate of drug-likeness (QED) is 0.400. The normalized spacial score (nSPS) is 10.9. The van der Waals surface area contributed by atoms with Crippen LogP contribution in [0.15, 0.2) is 60.7 Å². The van der Waals surface area contributed by atoms with Crippen molar-refractivity contribution in [1.29, 1.82) is 0 Å². The molecule has 30 heavy (non-hydrogen) atoms. The van der Waals surface area contributed by atoms with Crippen molar-refractivity contribution in [3.63, 3.8) is 0 Å². The summed E-state index contributed by atoms with van der Waals surface area (Å²) in [5.74, 6) is 0.913. The van der Waals surface area contributed by atoms with Crippen molar-refractivity contribution in [2.24, 2.45) is 0 Å². The van der Waals surface area contributed by atoms with E-state index in [4.69, 9.17) is 4.74 Å². The summed E-state index contributed by atoms with van der Waals surface area (Å²) in [5, 5.41) is 9.45. The van der Waals surface area contributed by atoms with Gasteiger partial charge in [-0.15, -0.1) is 0 Å². The minimum absolute atomic E-state index is 0.0836. The van der Waals surface area contributed by atoms with Crippen LogP contribution in [0.3, 0.4) is 0 Å². The number of benzene rings is 3. The Hall–Kier alpha value is -2.58. The first-order valence-electron chi connectivity index (χ1n) is 11.2. The number of hydrogen-bond donors (Lipinski definition) is 1. The second-order valence-corrected chi connectivity index (χ2v) is 7.88. The van der Waals surface area contributed by atoms with Crippen LogP contribution in [0.1, 0.15) is 61.4 Å². The zero-order valence-corrected chi connectivity index (χ0v) is 18.6. The van der Waals surface area contributed by atoms with Gasteiger partial charge in [-0.1, -0.05) is 75.7 Å². The van der Waals surface area contributed by atoms with Crippen LogP contribution in [0.25, 0.3) is 11.1 Å². The van der Waals surface area contributed by atoms with Gasteiger partial charge in [0.15, 0.2) is 0 Å². The predicted molar refractivity (Wildman–Crippen MR) is 126 cm³/mol. The molecule has 0 saturated carbocycles. The monoisotopic (exact) mass is 402 g/mol. The van der Waals surface area contributed by atoms with Crippen LogP contribution in [-0.2, 0) is 32.5 Å².